The maximum absolute atomic E-state index is 10.9. The minimum atomic E-state index is -0.548. The SMILES string of the molecule is O=C(Cl)c1cc2cc(Cl)cc(Cl)c2[nH]1. The fraction of sp³-hybridized carbons (Fsp3) is 0. The van der Waals surface area contributed by atoms with Gasteiger partial charge in [-0.15, -0.1) is 0 Å². The summed E-state index contributed by atoms with van der Waals surface area (Å²) in [6.07, 6.45) is 0. The van der Waals surface area contributed by atoms with Gasteiger partial charge in [-0.05, 0) is 29.8 Å². The summed E-state index contributed by atoms with van der Waals surface area (Å²) in [5.74, 6) is 0. The molecule has 0 saturated heterocycles. The third kappa shape index (κ3) is 1.61. The zero-order valence-electron chi connectivity index (χ0n) is 6.77. The number of benzene rings is 1. The molecule has 0 bridgehead atoms. The summed E-state index contributed by atoms with van der Waals surface area (Å²) in [6.45, 7) is 0. The van der Waals surface area contributed by atoms with Crippen LogP contribution in [0.15, 0.2) is 18.2 Å². The summed E-state index contributed by atoms with van der Waals surface area (Å²) in [6, 6.07) is 4.93. The third-order valence-corrected chi connectivity index (χ3v) is 2.58. The van der Waals surface area contributed by atoms with Crippen LogP contribution in [-0.2, 0) is 0 Å². The number of aromatic amines is 1. The minimum absolute atomic E-state index is 0.311. The second-order valence-corrected chi connectivity index (χ2v) is 4.00. The highest BCUT2D eigenvalue weighted by Crippen LogP contribution is 2.28. The van der Waals surface area contributed by atoms with E-state index < -0.39 is 5.24 Å². The first-order valence-corrected chi connectivity index (χ1v) is 4.89. The predicted octanol–water partition coefficient (Wildman–Crippen LogP) is 3.85. The number of hydrogen-bond acceptors (Lipinski definition) is 1. The van der Waals surface area contributed by atoms with Gasteiger partial charge in [0.2, 0.25) is 0 Å². The highest BCUT2D eigenvalue weighted by Gasteiger charge is 2.09. The largest absolute Gasteiger partial charge is 0.350 e. The Balaban J connectivity index is 2.76. The van der Waals surface area contributed by atoms with Gasteiger partial charge in [-0.3, -0.25) is 4.79 Å². The molecule has 2 rings (SSSR count). The van der Waals surface area contributed by atoms with Crippen LogP contribution in [0.2, 0.25) is 10.0 Å². The van der Waals surface area contributed by atoms with Crippen LogP contribution in [0.3, 0.4) is 0 Å². The lowest BCUT2D eigenvalue weighted by Crippen LogP contribution is -1.86. The van der Waals surface area contributed by atoms with Gasteiger partial charge in [0.25, 0.3) is 5.24 Å². The summed E-state index contributed by atoms with van der Waals surface area (Å²) in [5, 5.41) is 1.21. The van der Waals surface area contributed by atoms with Crippen LogP contribution >= 0.6 is 34.8 Å². The standard InChI is InChI=1S/C9H4Cl3NO/c10-5-1-4-2-7(9(12)14)13-8(4)6(11)3-5/h1-3,13H. The maximum atomic E-state index is 10.9. The van der Waals surface area contributed by atoms with Crippen LogP contribution in [0.4, 0.5) is 0 Å². The number of rotatable bonds is 1. The summed E-state index contributed by atoms with van der Waals surface area (Å²) in [5.41, 5.74) is 0.978. The maximum Gasteiger partial charge on any atom is 0.268 e. The van der Waals surface area contributed by atoms with E-state index in [4.69, 9.17) is 34.8 Å². The van der Waals surface area contributed by atoms with E-state index in [2.05, 4.69) is 4.98 Å². The number of hydrogen-bond donors (Lipinski definition) is 1. The Morgan fingerprint density at radius 3 is 2.57 bits per heavy atom. The van der Waals surface area contributed by atoms with Crippen molar-refractivity contribution in [2.75, 3.05) is 0 Å². The van der Waals surface area contributed by atoms with Gasteiger partial charge in [-0.1, -0.05) is 23.2 Å². The second kappa shape index (κ2) is 3.46. The molecule has 2 aromatic rings. The highest BCUT2D eigenvalue weighted by molar-refractivity contribution is 6.67. The molecule has 1 aromatic carbocycles. The van der Waals surface area contributed by atoms with Crippen molar-refractivity contribution in [1.29, 1.82) is 0 Å². The van der Waals surface area contributed by atoms with Gasteiger partial charge in [-0.25, -0.2) is 0 Å². The van der Waals surface area contributed by atoms with Crippen molar-refractivity contribution >= 4 is 50.9 Å². The molecule has 0 aliphatic heterocycles. The quantitative estimate of drug-likeness (QED) is 0.764. The average molecular weight is 248 g/mol. The Morgan fingerprint density at radius 2 is 1.93 bits per heavy atom. The summed E-state index contributed by atoms with van der Waals surface area (Å²) < 4.78 is 0. The van der Waals surface area contributed by atoms with Crippen LogP contribution < -0.4 is 0 Å². The first kappa shape index (κ1) is 9.84. The van der Waals surface area contributed by atoms with Crippen LogP contribution in [0.5, 0.6) is 0 Å². The Bertz CT molecular complexity index is 518. The Labute approximate surface area is 94.8 Å². The van der Waals surface area contributed by atoms with Gasteiger partial charge in [0, 0.05) is 10.4 Å². The molecular formula is C9H4Cl3NO. The van der Waals surface area contributed by atoms with E-state index >= 15 is 0 Å². The molecule has 0 radical (unpaired) electrons. The van der Waals surface area contributed by atoms with Crippen LogP contribution in [0.1, 0.15) is 10.5 Å². The van der Waals surface area contributed by atoms with Gasteiger partial charge < -0.3 is 4.98 Å². The van der Waals surface area contributed by atoms with E-state index in [1.54, 1.807) is 18.2 Å². The molecule has 0 unspecified atom stereocenters. The minimum Gasteiger partial charge on any atom is -0.350 e. The molecule has 0 spiro atoms. The number of H-pyrrole nitrogens is 1. The predicted molar refractivity (Wildman–Crippen MR) is 58.5 cm³/mol. The first-order valence-electron chi connectivity index (χ1n) is 3.75. The topological polar surface area (TPSA) is 32.9 Å². The van der Waals surface area contributed by atoms with E-state index in [-0.39, 0.29) is 0 Å². The lowest BCUT2D eigenvalue weighted by atomic mass is 10.2. The van der Waals surface area contributed by atoms with Gasteiger partial charge in [0.05, 0.1) is 16.2 Å². The number of nitrogens with one attached hydrogen (secondary N) is 1. The fourth-order valence-corrected chi connectivity index (χ4v) is 1.93. The Hall–Kier alpha value is -0.700. The molecule has 0 amide bonds. The van der Waals surface area contributed by atoms with Crippen molar-refractivity contribution in [3.63, 3.8) is 0 Å². The van der Waals surface area contributed by atoms with Gasteiger partial charge in [0.1, 0.15) is 0 Å². The Morgan fingerprint density at radius 1 is 1.21 bits per heavy atom. The highest BCUT2D eigenvalue weighted by atomic mass is 35.5. The molecule has 14 heavy (non-hydrogen) atoms. The average Bonchev–Trinajstić information content (AvgIpc) is 2.47. The zero-order valence-corrected chi connectivity index (χ0v) is 9.04. The molecule has 72 valence electrons. The lowest BCUT2D eigenvalue weighted by Gasteiger charge is -1.94. The molecule has 0 saturated carbocycles. The molecule has 5 heteroatoms. The molecule has 1 aromatic heterocycles. The number of fused-ring (bicyclic) bond motifs is 1. The summed E-state index contributed by atoms with van der Waals surface area (Å²) >= 11 is 17.0. The third-order valence-electron chi connectivity index (χ3n) is 1.86. The molecule has 1 N–H and O–H groups in total. The summed E-state index contributed by atoms with van der Waals surface area (Å²) in [4.78, 5) is 13.7. The summed E-state index contributed by atoms with van der Waals surface area (Å²) in [7, 11) is 0. The first-order chi connectivity index (χ1) is 6.58. The number of carbonyl (C=O) groups is 1. The lowest BCUT2D eigenvalue weighted by molar-refractivity contribution is 0.107. The van der Waals surface area contributed by atoms with Crippen molar-refractivity contribution in [3.05, 3.63) is 33.9 Å². The van der Waals surface area contributed by atoms with E-state index in [1.807, 2.05) is 0 Å². The van der Waals surface area contributed by atoms with E-state index in [1.165, 1.54) is 0 Å². The van der Waals surface area contributed by atoms with Crippen molar-refractivity contribution in [3.8, 4) is 0 Å². The van der Waals surface area contributed by atoms with Gasteiger partial charge in [-0.2, -0.15) is 0 Å². The van der Waals surface area contributed by atoms with Crippen LogP contribution in [-0.4, -0.2) is 10.2 Å². The number of carbonyl (C=O) groups excluding carboxylic acids is 1. The van der Waals surface area contributed by atoms with Crippen LogP contribution in [0, 0.1) is 0 Å². The van der Waals surface area contributed by atoms with Gasteiger partial charge in [0.15, 0.2) is 0 Å². The smallest absolute Gasteiger partial charge is 0.268 e. The molecule has 0 aliphatic carbocycles. The van der Waals surface area contributed by atoms with Crippen molar-refractivity contribution in [1.82, 2.24) is 4.98 Å². The number of halogens is 3. The molecule has 0 atom stereocenters. The molecule has 2 nitrogen and oxygen atoms in total. The normalized spacial score (nSPS) is 10.8. The second-order valence-electron chi connectivity index (χ2n) is 2.81. The van der Waals surface area contributed by atoms with Crippen LogP contribution in [0.25, 0.3) is 10.9 Å². The molecular weight excluding hydrogens is 244 g/mol. The van der Waals surface area contributed by atoms with Crippen molar-refractivity contribution in [2.45, 2.75) is 0 Å². The van der Waals surface area contributed by atoms with E-state index in [0.29, 0.717) is 21.3 Å². The Kier molecular flexibility index (Phi) is 2.43. The molecule has 0 fully saturated rings. The fourth-order valence-electron chi connectivity index (χ4n) is 1.27. The van der Waals surface area contributed by atoms with E-state index in [0.717, 1.165) is 5.39 Å². The number of aromatic nitrogens is 1. The van der Waals surface area contributed by atoms with Crippen molar-refractivity contribution < 1.29 is 4.79 Å². The molecule has 0 aliphatic rings. The monoisotopic (exact) mass is 247 g/mol. The van der Waals surface area contributed by atoms with Crippen molar-refractivity contribution in [2.24, 2.45) is 0 Å². The van der Waals surface area contributed by atoms with Gasteiger partial charge >= 0.3 is 0 Å². The zero-order chi connectivity index (χ0) is 10.3. The molecule has 1 heterocycles. The van der Waals surface area contributed by atoms with E-state index in [9.17, 15) is 4.79 Å².